The number of hydrogen-bond donors (Lipinski definition) is 1. The molecule has 106 valence electrons. The molecule has 2 rings (SSSR count). The molecule has 0 unspecified atom stereocenters. The first-order chi connectivity index (χ1) is 8.62. The lowest BCUT2D eigenvalue weighted by molar-refractivity contribution is 0.288. The van der Waals surface area contributed by atoms with Crippen LogP contribution in [0.1, 0.15) is 45.4 Å². The van der Waals surface area contributed by atoms with Crippen molar-refractivity contribution in [1.29, 1.82) is 0 Å². The first-order valence-electron chi connectivity index (χ1n) is 7.33. The molecule has 0 bridgehead atoms. The van der Waals surface area contributed by atoms with Gasteiger partial charge in [-0.3, -0.25) is 0 Å². The molecule has 1 aliphatic carbocycles. The second-order valence-electron chi connectivity index (χ2n) is 5.69. The fraction of sp³-hybridized carbons (Fsp3) is 1.00. The highest BCUT2D eigenvalue weighted by Gasteiger charge is 2.28. The van der Waals surface area contributed by atoms with Gasteiger partial charge in [0.2, 0.25) is 10.0 Å². The number of piperidine rings is 1. The largest absolute Gasteiger partial charge is 0.314 e. The van der Waals surface area contributed by atoms with E-state index in [4.69, 9.17) is 0 Å². The molecule has 0 aromatic heterocycles. The first kappa shape index (κ1) is 14.3. The number of unbranched alkanes of at least 4 members (excludes halogenated alkanes) is 1. The molecule has 0 spiro atoms. The maximum absolute atomic E-state index is 12.0. The quantitative estimate of drug-likeness (QED) is 0.767. The molecule has 1 N–H and O–H groups in total. The molecule has 0 amide bonds. The van der Waals surface area contributed by atoms with E-state index >= 15 is 0 Å². The summed E-state index contributed by atoms with van der Waals surface area (Å²) in [7, 11) is -2.98. The summed E-state index contributed by atoms with van der Waals surface area (Å²) in [5.41, 5.74) is 0. The number of nitrogens with one attached hydrogen (secondary N) is 1. The molecule has 18 heavy (non-hydrogen) atoms. The Morgan fingerprint density at radius 3 is 2.39 bits per heavy atom. The van der Waals surface area contributed by atoms with Crippen molar-refractivity contribution in [3.63, 3.8) is 0 Å². The Morgan fingerprint density at radius 2 is 1.83 bits per heavy atom. The van der Waals surface area contributed by atoms with Crippen LogP contribution in [0.3, 0.4) is 0 Å². The Balaban J connectivity index is 1.71. The van der Waals surface area contributed by atoms with Gasteiger partial charge in [-0.25, -0.2) is 12.7 Å². The van der Waals surface area contributed by atoms with Crippen molar-refractivity contribution in [1.82, 2.24) is 9.62 Å². The van der Waals surface area contributed by atoms with Crippen LogP contribution in [0.2, 0.25) is 0 Å². The highest BCUT2D eigenvalue weighted by Crippen LogP contribution is 2.28. The third kappa shape index (κ3) is 4.21. The molecular weight excluding hydrogens is 248 g/mol. The minimum Gasteiger partial charge on any atom is -0.314 e. The average molecular weight is 274 g/mol. The van der Waals surface area contributed by atoms with Crippen LogP contribution in [0, 0.1) is 5.92 Å². The standard InChI is InChI=1S/C13H26N2O2S/c1-2-3-10-18(16,17)15-8-6-13(7-9-15)14-11-12-4-5-12/h12-14H,2-11H2,1H3. The number of sulfonamides is 1. The van der Waals surface area contributed by atoms with Crippen LogP contribution in [0.15, 0.2) is 0 Å². The molecule has 1 aliphatic heterocycles. The summed E-state index contributed by atoms with van der Waals surface area (Å²) in [5, 5.41) is 3.58. The van der Waals surface area contributed by atoms with Gasteiger partial charge in [-0.05, 0) is 44.6 Å². The smallest absolute Gasteiger partial charge is 0.214 e. The second-order valence-corrected chi connectivity index (χ2v) is 7.78. The van der Waals surface area contributed by atoms with Gasteiger partial charge in [-0.2, -0.15) is 0 Å². The normalized spacial score (nSPS) is 23.4. The maximum atomic E-state index is 12.0. The fourth-order valence-corrected chi connectivity index (χ4v) is 4.13. The molecule has 0 atom stereocenters. The third-order valence-corrected chi connectivity index (χ3v) is 5.95. The molecule has 0 aromatic rings. The van der Waals surface area contributed by atoms with Gasteiger partial charge in [0.25, 0.3) is 0 Å². The molecule has 1 saturated heterocycles. The molecule has 1 saturated carbocycles. The summed E-state index contributed by atoms with van der Waals surface area (Å²) in [6.45, 7) is 4.57. The highest BCUT2D eigenvalue weighted by atomic mass is 32.2. The van der Waals surface area contributed by atoms with Gasteiger partial charge in [0.05, 0.1) is 5.75 Å². The van der Waals surface area contributed by atoms with Crippen LogP contribution in [0.25, 0.3) is 0 Å². The molecule has 0 aromatic carbocycles. The van der Waals surface area contributed by atoms with E-state index < -0.39 is 10.0 Å². The second kappa shape index (κ2) is 6.35. The number of hydrogen-bond acceptors (Lipinski definition) is 3. The van der Waals surface area contributed by atoms with Gasteiger partial charge in [-0.15, -0.1) is 0 Å². The van der Waals surface area contributed by atoms with Gasteiger partial charge in [0.15, 0.2) is 0 Å². The van der Waals surface area contributed by atoms with Gasteiger partial charge >= 0.3 is 0 Å². The van der Waals surface area contributed by atoms with Crippen molar-refractivity contribution in [2.75, 3.05) is 25.4 Å². The lowest BCUT2D eigenvalue weighted by atomic mass is 10.1. The Hall–Kier alpha value is -0.130. The zero-order chi connectivity index (χ0) is 13.0. The number of nitrogens with zero attached hydrogens (tertiary/aromatic N) is 1. The zero-order valence-corrected chi connectivity index (χ0v) is 12.2. The average Bonchev–Trinajstić information content (AvgIpc) is 3.18. The topological polar surface area (TPSA) is 49.4 Å². The van der Waals surface area contributed by atoms with Crippen LogP contribution in [-0.4, -0.2) is 44.2 Å². The van der Waals surface area contributed by atoms with Crippen molar-refractivity contribution < 1.29 is 8.42 Å². The van der Waals surface area contributed by atoms with Gasteiger partial charge in [0.1, 0.15) is 0 Å². The Labute approximate surface area is 111 Å². The van der Waals surface area contributed by atoms with E-state index in [1.165, 1.54) is 12.8 Å². The molecule has 5 heteroatoms. The van der Waals surface area contributed by atoms with Crippen LogP contribution in [0.4, 0.5) is 0 Å². The van der Waals surface area contributed by atoms with Crippen LogP contribution >= 0.6 is 0 Å². The van der Waals surface area contributed by atoms with E-state index in [1.54, 1.807) is 4.31 Å². The van der Waals surface area contributed by atoms with Crippen molar-refractivity contribution in [2.45, 2.75) is 51.5 Å². The highest BCUT2D eigenvalue weighted by molar-refractivity contribution is 7.89. The SMILES string of the molecule is CCCCS(=O)(=O)N1CCC(NCC2CC2)CC1. The summed E-state index contributed by atoms with van der Waals surface area (Å²) in [5.74, 6) is 1.22. The van der Waals surface area contributed by atoms with Gasteiger partial charge in [-0.1, -0.05) is 13.3 Å². The van der Waals surface area contributed by atoms with Gasteiger partial charge < -0.3 is 5.32 Å². The van der Waals surface area contributed by atoms with E-state index in [2.05, 4.69) is 5.32 Å². The van der Waals surface area contributed by atoms with E-state index in [9.17, 15) is 8.42 Å². The molecule has 4 nitrogen and oxygen atoms in total. The predicted octanol–water partition coefficient (Wildman–Crippen LogP) is 1.58. The monoisotopic (exact) mass is 274 g/mol. The van der Waals surface area contributed by atoms with Crippen molar-refractivity contribution >= 4 is 10.0 Å². The Morgan fingerprint density at radius 1 is 1.17 bits per heavy atom. The predicted molar refractivity (Wildman–Crippen MR) is 74.0 cm³/mol. The summed E-state index contributed by atoms with van der Waals surface area (Å²) in [6.07, 6.45) is 6.41. The van der Waals surface area contributed by atoms with Gasteiger partial charge in [0, 0.05) is 19.1 Å². The Kier molecular flexibility index (Phi) is 5.04. The summed E-state index contributed by atoms with van der Waals surface area (Å²) >= 11 is 0. The van der Waals surface area contributed by atoms with E-state index in [1.807, 2.05) is 6.92 Å². The zero-order valence-electron chi connectivity index (χ0n) is 11.4. The minimum atomic E-state index is -2.98. The lowest BCUT2D eigenvalue weighted by Gasteiger charge is -2.31. The molecular formula is C13H26N2O2S. The van der Waals surface area contributed by atoms with Crippen LogP contribution in [0.5, 0.6) is 0 Å². The van der Waals surface area contributed by atoms with Crippen molar-refractivity contribution in [2.24, 2.45) is 5.92 Å². The summed E-state index contributed by atoms with van der Waals surface area (Å²) in [6, 6.07) is 0.531. The van der Waals surface area contributed by atoms with Crippen molar-refractivity contribution in [3.05, 3.63) is 0 Å². The van der Waals surface area contributed by atoms with Crippen LogP contribution < -0.4 is 5.32 Å². The summed E-state index contributed by atoms with van der Waals surface area (Å²) in [4.78, 5) is 0. The minimum absolute atomic E-state index is 0.323. The summed E-state index contributed by atoms with van der Waals surface area (Å²) < 4.78 is 25.8. The van der Waals surface area contributed by atoms with Crippen molar-refractivity contribution in [3.8, 4) is 0 Å². The Bertz CT molecular complexity index is 344. The maximum Gasteiger partial charge on any atom is 0.214 e. The fourth-order valence-electron chi connectivity index (χ4n) is 2.45. The molecule has 2 fully saturated rings. The molecule has 0 radical (unpaired) electrons. The van der Waals surface area contributed by atoms with Crippen LogP contribution in [-0.2, 0) is 10.0 Å². The van der Waals surface area contributed by atoms with E-state index in [0.29, 0.717) is 24.9 Å². The van der Waals surface area contributed by atoms with E-state index in [0.717, 1.165) is 38.1 Å². The first-order valence-corrected chi connectivity index (χ1v) is 8.94. The number of rotatable bonds is 7. The molecule has 1 heterocycles. The van der Waals surface area contributed by atoms with E-state index in [-0.39, 0.29) is 0 Å². The molecule has 2 aliphatic rings. The lowest BCUT2D eigenvalue weighted by Crippen LogP contribution is -2.45. The third-order valence-electron chi connectivity index (χ3n) is 4.00.